The average Bonchev–Trinajstić information content (AvgIpc) is 3.13. The number of hydrogen-bond donors (Lipinski definition) is 2. The quantitative estimate of drug-likeness (QED) is 0.0996. The molecule has 3 aliphatic rings. The van der Waals surface area contributed by atoms with Gasteiger partial charge in [0.25, 0.3) is 0 Å². The number of amides is 1. The summed E-state index contributed by atoms with van der Waals surface area (Å²) in [6, 6.07) is 21.0. The number of methoxy groups -OCH3 is 2. The molecule has 3 aromatic carbocycles. The fourth-order valence-electron chi connectivity index (χ4n) is 8.48. The van der Waals surface area contributed by atoms with Crippen molar-refractivity contribution in [2.24, 2.45) is 5.92 Å². The van der Waals surface area contributed by atoms with Crippen molar-refractivity contribution >= 4 is 45.9 Å². The van der Waals surface area contributed by atoms with Crippen molar-refractivity contribution in [2.75, 3.05) is 51.1 Å². The third-order valence-electron chi connectivity index (χ3n) is 10.9. The Morgan fingerprint density at radius 2 is 1.86 bits per heavy atom. The van der Waals surface area contributed by atoms with Crippen LogP contribution in [0.5, 0.6) is 11.5 Å². The van der Waals surface area contributed by atoms with Crippen LogP contribution in [0.4, 0.5) is 5.69 Å². The maximum Gasteiger partial charge on any atom is 0.220 e. The lowest BCUT2D eigenvalue weighted by atomic mass is 9.70. The Bertz CT molecular complexity index is 1900. The van der Waals surface area contributed by atoms with E-state index in [0.29, 0.717) is 23.3 Å². The number of aromatic nitrogens is 1. The van der Waals surface area contributed by atoms with Crippen LogP contribution < -0.4 is 20.5 Å². The van der Waals surface area contributed by atoms with Crippen molar-refractivity contribution in [1.29, 1.82) is 0 Å². The van der Waals surface area contributed by atoms with E-state index in [4.69, 9.17) is 31.8 Å². The number of nitrogens with one attached hydrogen (secondary N) is 1. The molecule has 268 valence electrons. The highest BCUT2D eigenvalue weighted by atomic mass is 35.5. The van der Waals surface area contributed by atoms with Gasteiger partial charge in [-0.25, -0.2) is 0 Å². The Labute approximate surface area is 311 Å². The number of ether oxygens (including phenoxy) is 2. The van der Waals surface area contributed by atoms with E-state index in [2.05, 4.69) is 58.8 Å². The van der Waals surface area contributed by atoms with Gasteiger partial charge in [-0.05, 0) is 104 Å². The monoisotopic (exact) mass is 724 g/mol. The van der Waals surface area contributed by atoms with Crippen molar-refractivity contribution < 1.29 is 14.3 Å². The predicted octanol–water partition coefficient (Wildman–Crippen LogP) is 8.52. The van der Waals surface area contributed by atoms with Gasteiger partial charge < -0.3 is 20.5 Å². The average molecular weight is 725 g/mol. The Morgan fingerprint density at radius 1 is 1.04 bits per heavy atom. The number of fused-ring (bicyclic) bond motifs is 6. The molecule has 2 aliphatic carbocycles. The zero-order valence-electron chi connectivity index (χ0n) is 29.8. The molecule has 0 spiro atoms. The van der Waals surface area contributed by atoms with Gasteiger partial charge in [0.05, 0.1) is 25.8 Å². The number of hydrogen-bond acceptors (Lipinski definition) is 7. The van der Waals surface area contributed by atoms with Crippen molar-refractivity contribution in [2.45, 2.75) is 63.3 Å². The summed E-state index contributed by atoms with van der Waals surface area (Å²) in [4.78, 5) is 20.2. The van der Waals surface area contributed by atoms with E-state index in [1.54, 1.807) is 14.2 Å². The fraction of sp³-hybridized carbons (Fsp3) is 0.429. The van der Waals surface area contributed by atoms with Gasteiger partial charge in [-0.2, -0.15) is 11.8 Å². The first-order valence-electron chi connectivity index (χ1n) is 18.4. The van der Waals surface area contributed by atoms with E-state index in [0.717, 1.165) is 110 Å². The molecule has 0 radical (unpaired) electrons. The Morgan fingerprint density at radius 3 is 2.69 bits per heavy atom. The van der Waals surface area contributed by atoms with Gasteiger partial charge in [0.1, 0.15) is 0 Å². The summed E-state index contributed by atoms with van der Waals surface area (Å²) >= 11 is 8.10. The van der Waals surface area contributed by atoms with Crippen LogP contribution in [0.25, 0.3) is 10.9 Å². The fourth-order valence-corrected chi connectivity index (χ4v) is 9.54. The van der Waals surface area contributed by atoms with Crippen molar-refractivity contribution in [1.82, 2.24) is 15.2 Å². The predicted molar refractivity (Wildman–Crippen MR) is 210 cm³/mol. The minimum absolute atomic E-state index is 0.150. The highest BCUT2D eigenvalue weighted by molar-refractivity contribution is 7.99. The third-order valence-corrected chi connectivity index (χ3v) is 12.1. The zero-order chi connectivity index (χ0) is 35.3. The molecule has 0 saturated carbocycles. The lowest BCUT2D eigenvalue weighted by molar-refractivity contribution is -0.120. The molecule has 1 aromatic heterocycles. The van der Waals surface area contributed by atoms with E-state index < -0.39 is 0 Å². The van der Waals surface area contributed by atoms with E-state index in [9.17, 15) is 4.79 Å². The number of halogens is 1. The summed E-state index contributed by atoms with van der Waals surface area (Å²) in [7, 11) is 3.39. The summed E-state index contributed by atoms with van der Waals surface area (Å²) < 4.78 is 11.3. The van der Waals surface area contributed by atoms with Crippen LogP contribution in [0, 0.1) is 5.92 Å². The van der Waals surface area contributed by atoms with Gasteiger partial charge >= 0.3 is 0 Å². The van der Waals surface area contributed by atoms with Crippen LogP contribution in [0.3, 0.4) is 0 Å². The second kappa shape index (κ2) is 16.3. The molecule has 4 aromatic rings. The molecule has 0 saturated heterocycles. The lowest BCUT2D eigenvalue weighted by Gasteiger charge is -2.38. The van der Waals surface area contributed by atoms with Gasteiger partial charge in [0.2, 0.25) is 5.91 Å². The molecule has 0 fully saturated rings. The Balaban J connectivity index is 0.830. The molecule has 3 atom stereocenters. The Hall–Kier alpha value is -3.72. The molecule has 7 rings (SSSR count). The highest BCUT2D eigenvalue weighted by Gasteiger charge is 2.34. The third kappa shape index (κ3) is 8.03. The molecule has 7 nitrogen and oxygen atoms in total. The van der Waals surface area contributed by atoms with E-state index in [1.807, 2.05) is 30.0 Å². The number of benzene rings is 3. The number of carbonyl (C=O) groups is 1. The first kappa shape index (κ1) is 35.7. The van der Waals surface area contributed by atoms with Crippen LogP contribution in [0.2, 0.25) is 5.02 Å². The number of rotatable bonds is 14. The number of unbranched alkanes of at least 4 members (excludes halogenated alkanes) is 1. The number of allylic oxidation sites excluding steroid dienone is 2. The normalized spacial score (nSPS) is 19.6. The van der Waals surface area contributed by atoms with E-state index >= 15 is 0 Å². The molecule has 2 bridgehead atoms. The van der Waals surface area contributed by atoms with Crippen LogP contribution in [0.1, 0.15) is 78.4 Å². The first-order valence-corrected chi connectivity index (χ1v) is 19.9. The number of anilines is 1. The maximum absolute atomic E-state index is 12.7. The minimum Gasteiger partial charge on any atom is -0.493 e. The number of nitrogens with zero attached hydrogens (tertiary/aromatic N) is 2. The summed E-state index contributed by atoms with van der Waals surface area (Å²) in [5, 5.41) is 4.87. The van der Waals surface area contributed by atoms with Gasteiger partial charge in [0.15, 0.2) is 11.5 Å². The van der Waals surface area contributed by atoms with Crippen molar-refractivity contribution in [3.05, 3.63) is 105 Å². The second-order valence-corrected chi connectivity index (χ2v) is 15.8. The lowest BCUT2D eigenvalue weighted by Crippen LogP contribution is -2.37. The van der Waals surface area contributed by atoms with Crippen molar-refractivity contribution in [3.8, 4) is 11.5 Å². The Kier molecular flexibility index (Phi) is 11.4. The molecule has 1 amide bonds. The molecular weight excluding hydrogens is 676 g/mol. The first-order chi connectivity index (χ1) is 24.9. The van der Waals surface area contributed by atoms with Gasteiger partial charge in [-0.3, -0.25) is 14.7 Å². The molecule has 2 heterocycles. The number of pyridine rings is 1. The molecule has 1 unspecified atom stereocenters. The van der Waals surface area contributed by atoms with Gasteiger partial charge in [-0.1, -0.05) is 53.6 Å². The number of thioether (sulfide) groups is 1. The van der Waals surface area contributed by atoms with Gasteiger partial charge in [-0.15, -0.1) is 0 Å². The second-order valence-electron chi connectivity index (χ2n) is 14.1. The summed E-state index contributed by atoms with van der Waals surface area (Å²) in [6.07, 6.45) is 10.3. The van der Waals surface area contributed by atoms with Crippen LogP contribution in [-0.2, 0) is 17.6 Å². The summed E-state index contributed by atoms with van der Waals surface area (Å²) in [5.74, 6) is 4.47. The smallest absolute Gasteiger partial charge is 0.220 e. The number of carbonyl (C=O) groups excluding carboxylic acids is 1. The molecule has 51 heavy (non-hydrogen) atoms. The summed E-state index contributed by atoms with van der Waals surface area (Å²) in [6.45, 7) is 2.67. The number of nitrogen functional groups attached to an aromatic ring is 1. The largest absolute Gasteiger partial charge is 0.493 e. The highest BCUT2D eigenvalue weighted by Crippen LogP contribution is 2.47. The molecule has 9 heteroatoms. The molecular formula is C42H49ClN4O3S. The van der Waals surface area contributed by atoms with Crippen LogP contribution in [-0.4, -0.2) is 61.2 Å². The van der Waals surface area contributed by atoms with Crippen LogP contribution in [0.15, 0.2) is 72.3 Å². The standard InChI is InChI=1S/C42H49ClN4O3S/c1-49-37-24-30-13-16-47(42(29-9-4-3-5-10-29)34(30)26-38(37)50-2)17-19-51-18-14-39(48)45-15-7-6-8-27-20-28-22-31(21-27)40-36(23-28)46-35-25-32(43)11-12-33(35)41(40)44/h3-5,9-12,20,24-26,28,31,42H,6-8,13-19,21-23H2,1-2H3,(H2,44,46)(H,45,48)/t28-,31-,42?/m1/s1. The summed E-state index contributed by atoms with van der Waals surface area (Å²) in [5.41, 5.74) is 16.3. The maximum atomic E-state index is 12.7. The molecule has 3 N–H and O–H groups in total. The minimum atomic E-state index is 0.150. The van der Waals surface area contributed by atoms with Crippen LogP contribution >= 0.6 is 23.4 Å². The van der Waals surface area contributed by atoms with E-state index in [1.165, 1.54) is 27.8 Å². The zero-order valence-corrected chi connectivity index (χ0v) is 31.3. The molecule has 1 aliphatic heterocycles. The van der Waals surface area contributed by atoms with E-state index in [-0.39, 0.29) is 11.9 Å². The van der Waals surface area contributed by atoms with Crippen molar-refractivity contribution in [3.63, 3.8) is 0 Å². The topological polar surface area (TPSA) is 89.7 Å². The SMILES string of the molecule is COc1cc2c(cc1OC)C(c1ccccc1)N(CCSCCC(=O)NCCCCC1=C[C@H]3Cc4nc5cc(Cl)ccc5c(N)c4[C@H](C1)C3)CC2. The van der Waals surface area contributed by atoms with Gasteiger partial charge in [0, 0.05) is 64.9 Å². The number of nitrogens with two attached hydrogens (primary N) is 1.